The summed E-state index contributed by atoms with van der Waals surface area (Å²) < 4.78 is 83.7. The van der Waals surface area contributed by atoms with Crippen LogP contribution in [0.15, 0.2) is 78.0 Å². The zero-order valence-corrected chi connectivity index (χ0v) is 24.0. The monoisotopic (exact) mass is 648 g/mol. The number of aryl methyl sites for hydroxylation is 1. The molecule has 0 spiro atoms. The van der Waals surface area contributed by atoms with Crippen molar-refractivity contribution in [2.75, 3.05) is 22.6 Å². The summed E-state index contributed by atoms with van der Waals surface area (Å²) in [5, 5.41) is 6.84. The van der Waals surface area contributed by atoms with Crippen molar-refractivity contribution in [1.82, 2.24) is 14.8 Å². The molecule has 3 aromatic carbocycles. The molecule has 0 saturated carbocycles. The molecule has 234 valence electrons. The molecule has 1 aliphatic rings. The molecule has 0 atom stereocenters. The number of hydrogen-bond acceptors (Lipinski definition) is 6. The van der Waals surface area contributed by atoms with Crippen molar-refractivity contribution in [3.63, 3.8) is 0 Å². The highest BCUT2D eigenvalue weighted by Gasteiger charge is 2.34. The summed E-state index contributed by atoms with van der Waals surface area (Å²) in [5.74, 6) is -0.210. The zero-order chi connectivity index (χ0) is 32.4. The van der Waals surface area contributed by atoms with Gasteiger partial charge in [0.2, 0.25) is 5.91 Å². The fraction of sp³-hybridized carbons (Fsp3) is 0.207. The quantitative estimate of drug-likeness (QED) is 0.212. The number of benzene rings is 3. The molecule has 9 nitrogen and oxygen atoms in total. The van der Waals surface area contributed by atoms with Gasteiger partial charge in [-0.05, 0) is 67.1 Å². The van der Waals surface area contributed by atoms with E-state index < -0.39 is 42.9 Å². The molecule has 1 aliphatic heterocycles. The number of aliphatic imine (C=N–C) groups is 1. The number of ether oxygens (including phenoxy) is 1. The van der Waals surface area contributed by atoms with Gasteiger partial charge in [0.25, 0.3) is 0 Å². The molecule has 0 radical (unpaired) electrons. The lowest BCUT2D eigenvalue weighted by Gasteiger charge is -2.20. The first kappa shape index (κ1) is 31.6. The van der Waals surface area contributed by atoms with Crippen LogP contribution < -0.4 is 15.0 Å². The van der Waals surface area contributed by atoms with Gasteiger partial charge in [-0.1, -0.05) is 23.9 Å². The van der Waals surface area contributed by atoms with Gasteiger partial charge in [0.05, 0.1) is 35.7 Å². The van der Waals surface area contributed by atoms with Gasteiger partial charge in [0, 0.05) is 11.3 Å². The number of nitrogens with one attached hydrogen (secondary N) is 1. The Morgan fingerprint density at radius 1 is 1.04 bits per heavy atom. The number of nitrogens with zero attached hydrogens (tertiary/aromatic N) is 5. The molecule has 0 aliphatic carbocycles. The highest BCUT2D eigenvalue weighted by atomic mass is 32.2. The van der Waals surface area contributed by atoms with Crippen molar-refractivity contribution in [3.05, 3.63) is 84.2 Å². The number of amidine groups is 1. The van der Waals surface area contributed by atoms with E-state index in [0.29, 0.717) is 16.8 Å². The number of aromatic nitrogens is 3. The summed E-state index contributed by atoms with van der Waals surface area (Å²) in [5.41, 5.74) is 1.08. The number of carbonyl (C=O) groups is 2. The molecule has 16 heteroatoms. The van der Waals surface area contributed by atoms with Crippen molar-refractivity contribution < 1.29 is 40.7 Å². The first-order valence-electron chi connectivity index (χ1n) is 13.1. The van der Waals surface area contributed by atoms with Crippen LogP contribution in [0.5, 0.6) is 5.75 Å². The summed E-state index contributed by atoms with van der Waals surface area (Å²) in [6.07, 6.45) is -8.83. The number of anilines is 2. The molecule has 2 heterocycles. The fourth-order valence-corrected chi connectivity index (χ4v) is 5.03. The fourth-order valence-electron chi connectivity index (χ4n) is 4.17. The number of alkyl halides is 6. The van der Waals surface area contributed by atoms with Crippen LogP contribution in [0, 0.1) is 6.92 Å². The second-order valence-electron chi connectivity index (χ2n) is 9.67. The maximum absolute atomic E-state index is 13.1. The number of thioether (sulfide) groups is 1. The lowest BCUT2D eigenvalue weighted by Crippen LogP contribution is -2.31. The van der Waals surface area contributed by atoms with Crippen molar-refractivity contribution in [2.45, 2.75) is 25.7 Å². The summed E-state index contributed by atoms with van der Waals surface area (Å²) in [4.78, 5) is 34.8. The molecule has 1 N–H and O–H groups in total. The third-order valence-electron chi connectivity index (χ3n) is 6.29. The van der Waals surface area contributed by atoms with Gasteiger partial charge in [-0.3, -0.25) is 9.69 Å². The molecule has 1 aromatic heterocycles. The van der Waals surface area contributed by atoms with E-state index in [4.69, 9.17) is 4.74 Å². The van der Waals surface area contributed by atoms with Crippen molar-refractivity contribution in [1.29, 1.82) is 0 Å². The van der Waals surface area contributed by atoms with Crippen LogP contribution in [0.25, 0.3) is 17.1 Å². The van der Waals surface area contributed by atoms with Crippen LogP contribution in [0.1, 0.15) is 17.5 Å². The summed E-state index contributed by atoms with van der Waals surface area (Å²) in [7, 11) is 0. The molecular weight excluding hydrogens is 626 g/mol. The number of carbonyl (C=O) groups excluding carboxylic acids is 2. The Morgan fingerprint density at radius 2 is 1.80 bits per heavy atom. The Balaban J connectivity index is 1.28. The molecule has 5 rings (SSSR count). The molecule has 45 heavy (non-hydrogen) atoms. The van der Waals surface area contributed by atoms with Crippen LogP contribution in [-0.2, 0) is 11.0 Å². The van der Waals surface area contributed by atoms with Crippen LogP contribution in [-0.4, -0.2) is 50.4 Å². The standard InChI is InChI=1S/C29H22F6N6O3S/c1-17-5-10-23(44-12-11-28(30,31)32)22(13-17)41-24(42)15-45-27(41)38-26(43)37-20-8-6-18(7-9-20)25-36-16-40(39-25)21-4-2-3-19(14-21)29(33,34)35/h2-10,13-14,16H,11-12,15H2,1H3,(H,37,43)/b38-27-. The van der Waals surface area contributed by atoms with Gasteiger partial charge in [-0.25, -0.2) is 14.5 Å². The Labute approximate surface area is 255 Å². The van der Waals surface area contributed by atoms with E-state index in [1.165, 1.54) is 41.3 Å². The Bertz CT molecular complexity index is 1750. The normalized spacial score (nSPS) is 14.7. The maximum Gasteiger partial charge on any atom is 0.416 e. The van der Waals surface area contributed by atoms with Gasteiger partial charge < -0.3 is 10.1 Å². The maximum atomic E-state index is 13.1. The number of amides is 3. The van der Waals surface area contributed by atoms with Crippen molar-refractivity contribution in [3.8, 4) is 22.8 Å². The van der Waals surface area contributed by atoms with Gasteiger partial charge in [0.15, 0.2) is 11.0 Å². The highest BCUT2D eigenvalue weighted by Crippen LogP contribution is 2.36. The molecular formula is C29H22F6N6O3S. The van der Waals surface area contributed by atoms with Gasteiger partial charge >= 0.3 is 18.4 Å². The largest absolute Gasteiger partial charge is 0.491 e. The lowest BCUT2D eigenvalue weighted by molar-refractivity contribution is -0.139. The molecule has 3 amide bonds. The van der Waals surface area contributed by atoms with E-state index in [9.17, 15) is 35.9 Å². The molecule has 1 saturated heterocycles. The number of hydrogen-bond donors (Lipinski definition) is 1. The predicted molar refractivity (Wildman–Crippen MR) is 156 cm³/mol. The topological polar surface area (TPSA) is 102 Å². The minimum Gasteiger partial charge on any atom is -0.491 e. The number of urea groups is 1. The van der Waals surface area contributed by atoms with E-state index in [2.05, 4.69) is 20.4 Å². The van der Waals surface area contributed by atoms with E-state index in [0.717, 1.165) is 28.8 Å². The van der Waals surface area contributed by atoms with E-state index in [1.54, 1.807) is 31.2 Å². The van der Waals surface area contributed by atoms with E-state index in [1.807, 2.05) is 0 Å². The van der Waals surface area contributed by atoms with Crippen molar-refractivity contribution >= 4 is 40.2 Å². The molecule has 0 bridgehead atoms. The Morgan fingerprint density at radius 3 is 2.51 bits per heavy atom. The van der Waals surface area contributed by atoms with Crippen molar-refractivity contribution in [2.24, 2.45) is 4.99 Å². The van der Waals surface area contributed by atoms with E-state index in [-0.39, 0.29) is 33.9 Å². The molecule has 1 fully saturated rings. The third-order valence-corrected chi connectivity index (χ3v) is 7.21. The van der Waals surface area contributed by atoms with Crippen LogP contribution in [0.3, 0.4) is 0 Å². The molecule has 4 aromatic rings. The SMILES string of the molecule is Cc1ccc(OCCC(F)(F)F)c(N2C(=O)CS/C2=N\C(=O)Nc2ccc(-c3ncn(-c4cccc(C(F)(F)F)c4)n3)cc2)c1. The lowest BCUT2D eigenvalue weighted by atomic mass is 10.2. The second kappa shape index (κ2) is 12.6. The average molecular weight is 649 g/mol. The third kappa shape index (κ3) is 7.81. The highest BCUT2D eigenvalue weighted by molar-refractivity contribution is 8.15. The van der Waals surface area contributed by atoms with Gasteiger partial charge in [-0.2, -0.15) is 31.3 Å². The minimum atomic E-state index is -4.51. The zero-order valence-electron chi connectivity index (χ0n) is 23.2. The summed E-state index contributed by atoms with van der Waals surface area (Å²) in [6.45, 7) is 1.08. The summed E-state index contributed by atoms with van der Waals surface area (Å²) >= 11 is 0.986. The second-order valence-corrected chi connectivity index (χ2v) is 10.6. The first-order chi connectivity index (χ1) is 21.3. The predicted octanol–water partition coefficient (Wildman–Crippen LogP) is 7.26. The number of halogens is 6. The molecule has 0 unspecified atom stereocenters. The average Bonchev–Trinajstić information content (AvgIpc) is 3.60. The van der Waals surface area contributed by atoms with Crippen LogP contribution in [0.2, 0.25) is 0 Å². The smallest absolute Gasteiger partial charge is 0.416 e. The first-order valence-corrected chi connectivity index (χ1v) is 14.1. The Hall–Kier alpha value is -4.86. The van der Waals surface area contributed by atoms with Gasteiger partial charge in [0.1, 0.15) is 12.1 Å². The summed E-state index contributed by atoms with van der Waals surface area (Å²) in [6, 6.07) is 14.7. The van der Waals surface area contributed by atoms with Crippen LogP contribution >= 0.6 is 11.8 Å². The van der Waals surface area contributed by atoms with E-state index >= 15 is 0 Å². The number of rotatable bonds is 7. The van der Waals surface area contributed by atoms with Crippen LogP contribution in [0.4, 0.5) is 42.5 Å². The van der Waals surface area contributed by atoms with Gasteiger partial charge in [-0.15, -0.1) is 5.10 Å². The Kier molecular flexibility index (Phi) is 8.86. The minimum absolute atomic E-state index is 0.0183.